The molecular weight excluding hydrogens is 258 g/mol. The molecule has 1 aliphatic rings. The third-order valence-electron chi connectivity index (χ3n) is 2.21. The van der Waals surface area contributed by atoms with Gasteiger partial charge in [0.2, 0.25) is 10.0 Å². The summed E-state index contributed by atoms with van der Waals surface area (Å²) in [5.74, 6) is -2.55. The lowest BCUT2D eigenvalue weighted by Crippen LogP contribution is -2.42. The normalized spacial score (nSPS) is 21.8. The van der Waals surface area contributed by atoms with Crippen molar-refractivity contribution < 1.29 is 26.7 Å². The smallest absolute Gasteiger partial charge is 0.320 e. The maximum Gasteiger partial charge on any atom is 0.320 e. The van der Waals surface area contributed by atoms with Crippen molar-refractivity contribution in [3.8, 4) is 0 Å². The molecule has 9 heteroatoms. The molecule has 7 nitrogen and oxygen atoms in total. The summed E-state index contributed by atoms with van der Waals surface area (Å²) in [6.07, 6.45) is 0.391. The van der Waals surface area contributed by atoms with E-state index >= 15 is 0 Å². The van der Waals surface area contributed by atoms with Gasteiger partial charge in [-0.3, -0.25) is 4.79 Å². The average Bonchev–Trinajstić information content (AvgIpc) is 2.06. The first-order chi connectivity index (χ1) is 7.20. The number of hydrogen-bond donors (Lipinski definition) is 2. The third kappa shape index (κ3) is 4.45. The van der Waals surface area contributed by atoms with Crippen molar-refractivity contribution in [2.45, 2.75) is 18.9 Å². The summed E-state index contributed by atoms with van der Waals surface area (Å²) < 4.78 is 46.8. The lowest BCUT2D eigenvalue weighted by molar-refractivity contribution is -0.134. The molecule has 1 rings (SSSR count). The minimum absolute atomic E-state index is 0.0622. The van der Waals surface area contributed by atoms with Gasteiger partial charge in [0.15, 0.2) is 5.75 Å². The van der Waals surface area contributed by atoms with E-state index in [2.05, 4.69) is 4.72 Å². The molecule has 0 radical (unpaired) electrons. The molecule has 0 aromatic rings. The standard InChI is InChI=1S/C7H13NO6S2/c9-7(10)5-16(13,14)8-6-1-3-15(11,12)4-2-6/h6,8H,1-5H2,(H,9,10). The topological polar surface area (TPSA) is 118 Å². The van der Waals surface area contributed by atoms with E-state index in [4.69, 9.17) is 5.11 Å². The molecule has 0 bridgehead atoms. The van der Waals surface area contributed by atoms with E-state index in [0.29, 0.717) is 0 Å². The Balaban J connectivity index is 2.54. The van der Waals surface area contributed by atoms with Crippen LogP contribution in [0.1, 0.15) is 12.8 Å². The lowest BCUT2D eigenvalue weighted by Gasteiger charge is -2.22. The molecule has 0 spiro atoms. The van der Waals surface area contributed by atoms with E-state index < -0.39 is 37.6 Å². The first kappa shape index (κ1) is 13.4. The highest BCUT2D eigenvalue weighted by Gasteiger charge is 2.27. The molecule has 94 valence electrons. The third-order valence-corrected chi connectivity index (χ3v) is 5.25. The minimum Gasteiger partial charge on any atom is -0.480 e. The Morgan fingerprint density at radius 2 is 1.81 bits per heavy atom. The van der Waals surface area contributed by atoms with Crippen LogP contribution in [0, 0.1) is 0 Å². The van der Waals surface area contributed by atoms with Crippen LogP contribution in [-0.4, -0.2) is 51.2 Å². The van der Waals surface area contributed by atoms with Gasteiger partial charge in [0.05, 0.1) is 11.5 Å². The molecule has 0 amide bonds. The van der Waals surface area contributed by atoms with Crippen LogP contribution in [0.3, 0.4) is 0 Å². The fourth-order valence-corrected chi connectivity index (χ4v) is 4.11. The number of aliphatic carboxylic acids is 1. The highest BCUT2D eigenvalue weighted by atomic mass is 32.2. The SMILES string of the molecule is O=C(O)CS(=O)(=O)NC1CCS(=O)(=O)CC1. The Bertz CT molecular complexity index is 451. The predicted molar refractivity (Wildman–Crippen MR) is 56.2 cm³/mol. The first-order valence-corrected chi connectivity index (χ1v) is 8.10. The van der Waals surface area contributed by atoms with Crippen LogP contribution in [0.2, 0.25) is 0 Å². The van der Waals surface area contributed by atoms with E-state index in [1.54, 1.807) is 0 Å². The van der Waals surface area contributed by atoms with Crippen LogP contribution in [-0.2, 0) is 24.7 Å². The molecule has 16 heavy (non-hydrogen) atoms. The monoisotopic (exact) mass is 271 g/mol. The van der Waals surface area contributed by atoms with E-state index in [1.165, 1.54) is 0 Å². The van der Waals surface area contributed by atoms with Crippen LogP contribution in [0.25, 0.3) is 0 Å². The van der Waals surface area contributed by atoms with Gasteiger partial charge in [-0.15, -0.1) is 0 Å². The summed E-state index contributed by atoms with van der Waals surface area (Å²) in [4.78, 5) is 10.2. The zero-order valence-corrected chi connectivity index (χ0v) is 10.1. The average molecular weight is 271 g/mol. The number of carbonyl (C=O) groups is 1. The van der Waals surface area contributed by atoms with E-state index in [1.807, 2.05) is 0 Å². The second-order valence-corrected chi connectivity index (χ2v) is 7.75. The molecule has 0 atom stereocenters. The summed E-state index contributed by atoms with van der Waals surface area (Å²) in [5.41, 5.74) is 0. The molecule has 1 aliphatic heterocycles. The highest BCUT2D eigenvalue weighted by Crippen LogP contribution is 2.12. The number of carboxylic acid groups (broad SMARTS) is 1. The number of rotatable bonds is 4. The van der Waals surface area contributed by atoms with Crippen molar-refractivity contribution >= 4 is 25.8 Å². The summed E-state index contributed by atoms with van der Waals surface area (Å²) in [5, 5.41) is 8.35. The summed E-state index contributed by atoms with van der Waals surface area (Å²) in [7, 11) is -6.91. The number of nitrogens with one attached hydrogen (secondary N) is 1. The number of sulfonamides is 1. The van der Waals surface area contributed by atoms with Crippen LogP contribution in [0.4, 0.5) is 0 Å². The van der Waals surface area contributed by atoms with E-state index in [-0.39, 0.29) is 24.3 Å². The molecule has 0 aromatic heterocycles. The van der Waals surface area contributed by atoms with E-state index in [0.717, 1.165) is 0 Å². The molecule has 2 N–H and O–H groups in total. The van der Waals surface area contributed by atoms with Gasteiger partial charge >= 0.3 is 5.97 Å². The fourth-order valence-electron chi connectivity index (χ4n) is 1.47. The summed E-state index contributed by atoms with van der Waals surface area (Å²) in [6.45, 7) is 0. The second kappa shape index (κ2) is 4.68. The van der Waals surface area contributed by atoms with Gasteiger partial charge < -0.3 is 5.11 Å². The van der Waals surface area contributed by atoms with Gasteiger partial charge in [-0.25, -0.2) is 21.6 Å². The second-order valence-electron chi connectivity index (χ2n) is 3.70. The number of carboxylic acids is 1. The highest BCUT2D eigenvalue weighted by molar-refractivity contribution is 7.91. The Labute approximate surface area is 93.8 Å². The summed E-state index contributed by atoms with van der Waals surface area (Å²) >= 11 is 0. The van der Waals surface area contributed by atoms with Crippen molar-refractivity contribution in [1.29, 1.82) is 0 Å². The summed E-state index contributed by atoms with van der Waals surface area (Å²) in [6, 6.07) is -0.479. The zero-order valence-electron chi connectivity index (χ0n) is 8.42. The molecule has 1 fully saturated rings. The molecule has 1 heterocycles. The van der Waals surface area contributed by atoms with Gasteiger partial charge in [-0.2, -0.15) is 0 Å². The Morgan fingerprint density at radius 1 is 1.31 bits per heavy atom. The van der Waals surface area contributed by atoms with Crippen LogP contribution >= 0.6 is 0 Å². The van der Waals surface area contributed by atoms with Crippen LogP contribution in [0.5, 0.6) is 0 Å². The maximum absolute atomic E-state index is 11.2. The Kier molecular flexibility index (Phi) is 3.92. The van der Waals surface area contributed by atoms with Crippen molar-refractivity contribution in [3.05, 3.63) is 0 Å². The quantitative estimate of drug-likeness (QED) is 0.647. The van der Waals surface area contributed by atoms with E-state index in [9.17, 15) is 21.6 Å². The number of hydrogen-bond acceptors (Lipinski definition) is 5. The Hall–Kier alpha value is -0.670. The number of sulfone groups is 1. The predicted octanol–water partition coefficient (Wildman–Crippen LogP) is -1.43. The van der Waals surface area contributed by atoms with Gasteiger partial charge in [0.1, 0.15) is 9.84 Å². The first-order valence-electron chi connectivity index (χ1n) is 4.62. The molecule has 0 saturated carbocycles. The molecule has 0 unspecified atom stereocenters. The van der Waals surface area contributed by atoms with Crippen molar-refractivity contribution in [1.82, 2.24) is 4.72 Å². The molecule has 0 aromatic carbocycles. The minimum atomic E-state index is -3.86. The van der Waals surface area contributed by atoms with Crippen LogP contribution in [0.15, 0.2) is 0 Å². The van der Waals surface area contributed by atoms with Gasteiger partial charge in [-0.1, -0.05) is 0 Å². The Morgan fingerprint density at radius 3 is 2.25 bits per heavy atom. The van der Waals surface area contributed by atoms with Crippen molar-refractivity contribution in [2.24, 2.45) is 0 Å². The molecular formula is C7H13NO6S2. The molecule has 0 aliphatic carbocycles. The lowest BCUT2D eigenvalue weighted by atomic mass is 10.2. The zero-order chi connectivity index (χ0) is 12.4. The molecule has 1 saturated heterocycles. The van der Waals surface area contributed by atoms with Gasteiger partial charge in [-0.05, 0) is 12.8 Å². The van der Waals surface area contributed by atoms with Crippen molar-refractivity contribution in [3.63, 3.8) is 0 Å². The van der Waals surface area contributed by atoms with Gasteiger partial charge in [0, 0.05) is 6.04 Å². The van der Waals surface area contributed by atoms with Crippen LogP contribution < -0.4 is 4.72 Å². The fraction of sp³-hybridized carbons (Fsp3) is 0.857. The maximum atomic E-state index is 11.2. The van der Waals surface area contributed by atoms with Crippen molar-refractivity contribution in [2.75, 3.05) is 17.3 Å². The van der Waals surface area contributed by atoms with Gasteiger partial charge in [0.25, 0.3) is 0 Å². The largest absolute Gasteiger partial charge is 0.480 e.